The van der Waals surface area contributed by atoms with Gasteiger partial charge in [-0.05, 0) is 55.1 Å². The Morgan fingerprint density at radius 1 is 1.08 bits per heavy atom. The summed E-state index contributed by atoms with van der Waals surface area (Å²) in [4.78, 5) is 87.2. The first-order valence-electron chi connectivity index (χ1n) is 17.7. The molecule has 0 aromatic carbocycles. The maximum absolute atomic E-state index is 14.5. The molecule has 2 unspecified atom stereocenters. The largest absolute Gasteiger partial charge is 0.346 e. The van der Waals surface area contributed by atoms with Crippen molar-refractivity contribution in [3.63, 3.8) is 0 Å². The minimum atomic E-state index is -1.14. The van der Waals surface area contributed by atoms with Crippen LogP contribution < -0.4 is 21.3 Å². The van der Waals surface area contributed by atoms with Crippen molar-refractivity contribution in [2.24, 2.45) is 22.7 Å². The van der Waals surface area contributed by atoms with Crippen LogP contribution in [0.25, 0.3) is 0 Å². The predicted molar refractivity (Wildman–Crippen MR) is 188 cm³/mol. The normalized spacial score (nSPS) is 21.8. The van der Waals surface area contributed by atoms with Crippen molar-refractivity contribution in [2.45, 2.75) is 110 Å². The Kier molecular flexibility index (Phi) is 12.6. The molecule has 2 aliphatic carbocycles. The summed E-state index contributed by atoms with van der Waals surface area (Å²) in [5, 5.41) is 11.1. The molecule has 270 valence electrons. The highest BCUT2D eigenvalue weighted by Crippen LogP contribution is 2.40. The Hall–Kier alpha value is -4.53. The molecule has 0 radical (unpaired) electrons. The summed E-state index contributed by atoms with van der Waals surface area (Å²) in [5.41, 5.74) is -1.64. The average molecular weight is 689 g/mol. The number of Topliss-reactive ketones (excluding diaryl/α,β-unsaturated/α-hetero) is 1. The zero-order chi connectivity index (χ0) is 36.6. The van der Waals surface area contributed by atoms with Crippen molar-refractivity contribution in [3.05, 3.63) is 42.7 Å². The smallest absolute Gasteiger partial charge is 0.289 e. The van der Waals surface area contributed by atoms with Gasteiger partial charge in [-0.2, -0.15) is 0 Å². The molecule has 4 N–H and O–H groups in total. The third-order valence-corrected chi connectivity index (χ3v) is 10.0. The molecule has 2 saturated carbocycles. The van der Waals surface area contributed by atoms with E-state index in [0.717, 1.165) is 32.1 Å². The van der Waals surface area contributed by atoms with Gasteiger partial charge >= 0.3 is 0 Å². The minimum Gasteiger partial charge on any atom is -0.346 e. The van der Waals surface area contributed by atoms with Crippen LogP contribution in [0.15, 0.2) is 37.1 Å². The lowest BCUT2D eigenvalue weighted by Crippen LogP contribution is -2.63. The van der Waals surface area contributed by atoms with Crippen LogP contribution in [0.3, 0.4) is 0 Å². The summed E-state index contributed by atoms with van der Waals surface area (Å²) < 4.78 is 0. The van der Waals surface area contributed by atoms with Crippen molar-refractivity contribution in [1.29, 1.82) is 0 Å². The molecule has 0 bridgehead atoms. The molecule has 4 rings (SSSR count). The Morgan fingerprint density at radius 3 is 2.36 bits per heavy atom. The van der Waals surface area contributed by atoms with Crippen LogP contribution in [-0.2, 0) is 24.0 Å². The zero-order valence-corrected chi connectivity index (χ0v) is 29.8. The molecule has 3 fully saturated rings. The number of carbonyl (C=O) groups is 6. The van der Waals surface area contributed by atoms with E-state index in [-0.39, 0.29) is 30.6 Å². The molecule has 12 nitrogen and oxygen atoms in total. The number of terminal acetylenes is 1. The highest BCUT2D eigenvalue weighted by molar-refractivity contribution is 6.38. The first kappa shape index (κ1) is 38.3. The molecule has 1 saturated heterocycles. The van der Waals surface area contributed by atoms with E-state index in [1.807, 2.05) is 27.7 Å². The van der Waals surface area contributed by atoms with Gasteiger partial charge in [0.15, 0.2) is 0 Å². The molecular weight excluding hydrogens is 636 g/mol. The van der Waals surface area contributed by atoms with E-state index in [1.54, 1.807) is 18.2 Å². The van der Waals surface area contributed by atoms with Gasteiger partial charge in [-0.15, -0.1) is 13.0 Å². The van der Waals surface area contributed by atoms with Crippen LogP contribution in [0.2, 0.25) is 0 Å². The number of pyridine rings is 1. The fourth-order valence-corrected chi connectivity index (χ4v) is 7.03. The lowest BCUT2D eigenvalue weighted by molar-refractivity contribution is -0.145. The van der Waals surface area contributed by atoms with Gasteiger partial charge in [0.25, 0.3) is 11.8 Å². The topological polar surface area (TPSA) is 167 Å². The van der Waals surface area contributed by atoms with Crippen LogP contribution in [0.1, 0.15) is 96.0 Å². The van der Waals surface area contributed by atoms with Crippen molar-refractivity contribution < 1.29 is 28.8 Å². The predicted octanol–water partition coefficient (Wildman–Crippen LogP) is 2.69. The van der Waals surface area contributed by atoms with Crippen LogP contribution >= 0.6 is 0 Å². The Morgan fingerprint density at radius 2 is 1.78 bits per heavy atom. The van der Waals surface area contributed by atoms with Crippen LogP contribution in [0.4, 0.5) is 0 Å². The summed E-state index contributed by atoms with van der Waals surface area (Å²) >= 11 is 0. The van der Waals surface area contributed by atoms with Gasteiger partial charge < -0.3 is 26.2 Å². The summed E-state index contributed by atoms with van der Waals surface area (Å²) in [6, 6.07) is 0.739. The molecule has 1 aromatic rings. The fraction of sp³-hybridized carbons (Fsp3) is 0.605. The van der Waals surface area contributed by atoms with Gasteiger partial charge in [0.05, 0.1) is 11.5 Å². The van der Waals surface area contributed by atoms with Crippen LogP contribution in [-0.4, -0.2) is 82.5 Å². The van der Waals surface area contributed by atoms with Gasteiger partial charge in [0.2, 0.25) is 23.5 Å². The van der Waals surface area contributed by atoms with E-state index in [4.69, 9.17) is 6.42 Å². The quantitative estimate of drug-likeness (QED) is 0.133. The van der Waals surface area contributed by atoms with E-state index in [1.165, 1.54) is 17.2 Å². The maximum atomic E-state index is 14.5. The van der Waals surface area contributed by atoms with E-state index in [9.17, 15) is 28.8 Å². The second kappa shape index (κ2) is 16.5. The highest BCUT2D eigenvalue weighted by Gasteiger charge is 2.48. The number of hydrogen-bond acceptors (Lipinski definition) is 7. The minimum absolute atomic E-state index is 0.0446. The first-order chi connectivity index (χ1) is 23.7. The van der Waals surface area contributed by atoms with Gasteiger partial charge in [-0.3, -0.25) is 33.8 Å². The Bertz CT molecular complexity index is 1490. The summed E-state index contributed by atoms with van der Waals surface area (Å²) in [7, 11) is 0. The van der Waals surface area contributed by atoms with Gasteiger partial charge in [-0.25, -0.2) is 0 Å². The number of hydrogen-bond donors (Lipinski definition) is 4. The summed E-state index contributed by atoms with van der Waals surface area (Å²) in [6.45, 7) is 11.3. The van der Waals surface area contributed by atoms with Gasteiger partial charge in [0.1, 0.15) is 23.8 Å². The van der Waals surface area contributed by atoms with Gasteiger partial charge in [-0.1, -0.05) is 77.9 Å². The van der Waals surface area contributed by atoms with Crippen molar-refractivity contribution in [1.82, 2.24) is 31.2 Å². The maximum Gasteiger partial charge on any atom is 0.289 e. The van der Waals surface area contributed by atoms with Crippen molar-refractivity contribution in [3.8, 4) is 12.3 Å². The molecular formula is C38H52N6O6. The SMILES string of the molecule is C#CC1(C(NC(=O)c2ccccn2)C(=O)N[C@H](C(=O)N2C[C@H](C)C[C@H]2C(=O)NC(CC2CC2)C(=O)C(=O)NCC=C)C(C)(C)C)CCCCC1. The van der Waals surface area contributed by atoms with Crippen LogP contribution in [0, 0.1) is 35.0 Å². The molecule has 12 heteroatoms. The fourth-order valence-electron chi connectivity index (χ4n) is 7.03. The zero-order valence-electron chi connectivity index (χ0n) is 29.8. The Labute approximate surface area is 295 Å². The van der Waals surface area contributed by atoms with E-state index < -0.39 is 70.3 Å². The number of rotatable bonds is 14. The number of amides is 5. The van der Waals surface area contributed by atoms with Gasteiger partial charge in [0, 0.05) is 19.3 Å². The van der Waals surface area contributed by atoms with E-state index in [0.29, 0.717) is 25.7 Å². The first-order valence-corrected chi connectivity index (χ1v) is 17.7. The molecule has 0 spiro atoms. The van der Waals surface area contributed by atoms with E-state index in [2.05, 4.69) is 38.8 Å². The second-order valence-electron chi connectivity index (χ2n) is 15.2. The molecule has 1 aliphatic heterocycles. The lowest BCUT2D eigenvalue weighted by Gasteiger charge is -2.41. The number of likely N-dealkylation sites (tertiary alicyclic amines) is 1. The third kappa shape index (κ3) is 9.37. The number of nitrogens with zero attached hydrogens (tertiary/aromatic N) is 2. The van der Waals surface area contributed by atoms with Crippen LogP contribution in [0.5, 0.6) is 0 Å². The average Bonchev–Trinajstić information content (AvgIpc) is 3.84. The number of carbonyl (C=O) groups excluding carboxylic acids is 6. The van der Waals surface area contributed by atoms with Crippen molar-refractivity contribution in [2.75, 3.05) is 13.1 Å². The standard InChI is InChI=1S/C38H52N6O6/c1-7-19-40-34(48)29(45)27(22-25-15-16-25)41-33(47)28-21-24(3)23-44(28)36(50)31(37(4,5)6)43-35(49)30(38(8-2)17-11-9-12-18-38)42-32(46)26-14-10-13-20-39-26/h2,7,10,13-14,20,24-25,27-28,30-31H,1,9,11-12,15-19,21-23H2,3-6H3,(H,40,48)(H,41,47)(H,42,46)(H,43,49)/t24-,27?,28+,30?,31-/m1/s1. The number of ketones is 1. The molecule has 1 aromatic heterocycles. The molecule has 2 heterocycles. The third-order valence-electron chi connectivity index (χ3n) is 10.0. The summed E-state index contributed by atoms with van der Waals surface area (Å²) in [5.74, 6) is -0.629. The van der Waals surface area contributed by atoms with Crippen molar-refractivity contribution >= 4 is 35.3 Å². The molecule has 5 atom stereocenters. The Balaban J connectivity index is 1.57. The number of aromatic nitrogens is 1. The monoisotopic (exact) mass is 688 g/mol. The highest BCUT2D eigenvalue weighted by atomic mass is 16.2. The molecule has 50 heavy (non-hydrogen) atoms. The second-order valence-corrected chi connectivity index (χ2v) is 15.2. The van der Waals surface area contributed by atoms with E-state index >= 15 is 0 Å². The number of nitrogens with one attached hydrogen (secondary N) is 4. The molecule has 3 aliphatic rings. The summed E-state index contributed by atoms with van der Waals surface area (Å²) in [6.07, 6.45) is 15.1. The lowest BCUT2D eigenvalue weighted by atomic mass is 9.69. The molecule has 5 amide bonds.